The van der Waals surface area contributed by atoms with Crippen LogP contribution in [0.25, 0.3) is 0 Å². The molecule has 0 unspecified atom stereocenters. The van der Waals surface area contributed by atoms with Crippen molar-refractivity contribution >= 4 is 31.9 Å². The maximum atomic E-state index is 12.4. The normalized spacial score (nSPS) is 9.90. The van der Waals surface area contributed by atoms with Crippen molar-refractivity contribution in [1.29, 1.82) is 0 Å². The van der Waals surface area contributed by atoms with Crippen molar-refractivity contribution in [3.05, 3.63) is 28.2 Å². The Morgan fingerprint density at radius 1 is 1.50 bits per heavy atom. The van der Waals surface area contributed by atoms with Gasteiger partial charge in [0, 0.05) is 9.80 Å². The van der Waals surface area contributed by atoms with Gasteiger partial charge in [0.2, 0.25) is 5.95 Å². The van der Waals surface area contributed by atoms with Crippen molar-refractivity contribution < 1.29 is 4.39 Å². The largest absolute Gasteiger partial charge is 0.223 e. The molecule has 1 aromatic heterocycles. The maximum absolute atomic E-state index is 12.4. The van der Waals surface area contributed by atoms with Crippen LogP contribution in [0, 0.1) is 5.95 Å². The zero-order chi connectivity index (χ0) is 7.56. The van der Waals surface area contributed by atoms with Crippen LogP contribution in [-0.2, 0) is 5.33 Å². The van der Waals surface area contributed by atoms with Crippen LogP contribution < -0.4 is 0 Å². The highest BCUT2D eigenvalue weighted by molar-refractivity contribution is 9.10. The number of nitrogens with zero attached hydrogens (tertiary/aromatic N) is 1. The summed E-state index contributed by atoms with van der Waals surface area (Å²) >= 11 is 6.41. The van der Waals surface area contributed by atoms with E-state index in [9.17, 15) is 4.39 Å². The summed E-state index contributed by atoms with van der Waals surface area (Å²) in [4.78, 5) is 3.63. The predicted octanol–water partition coefficient (Wildman–Crippen LogP) is 2.88. The van der Waals surface area contributed by atoms with E-state index < -0.39 is 5.95 Å². The summed E-state index contributed by atoms with van der Waals surface area (Å²) < 4.78 is 13.2. The van der Waals surface area contributed by atoms with E-state index in [1.807, 2.05) is 0 Å². The van der Waals surface area contributed by atoms with Crippen molar-refractivity contribution in [3.63, 3.8) is 0 Å². The lowest BCUT2D eigenvalue weighted by atomic mass is 10.4. The number of aromatic nitrogens is 1. The second-order valence-corrected chi connectivity index (χ2v) is 3.11. The van der Waals surface area contributed by atoms with Crippen molar-refractivity contribution in [2.45, 2.75) is 5.33 Å². The number of rotatable bonds is 1. The Morgan fingerprint density at radius 2 is 2.20 bits per heavy atom. The Bertz CT molecular complexity index is 239. The van der Waals surface area contributed by atoms with E-state index in [-0.39, 0.29) is 0 Å². The third-order valence-corrected chi connectivity index (χ3v) is 2.26. The molecule has 0 aliphatic heterocycles. The molecule has 4 heteroatoms. The summed E-state index contributed by atoms with van der Waals surface area (Å²) in [6.07, 6.45) is 0. The number of pyridine rings is 1. The number of alkyl halides is 1. The predicted molar refractivity (Wildman–Crippen MR) is 44.5 cm³/mol. The molecule has 0 N–H and O–H groups in total. The average molecular weight is 269 g/mol. The van der Waals surface area contributed by atoms with Gasteiger partial charge in [-0.2, -0.15) is 4.39 Å². The molecule has 0 spiro atoms. The lowest BCUT2D eigenvalue weighted by Crippen LogP contribution is -1.89. The summed E-state index contributed by atoms with van der Waals surface area (Å²) in [6.45, 7) is 0. The monoisotopic (exact) mass is 267 g/mol. The van der Waals surface area contributed by atoms with Gasteiger partial charge < -0.3 is 0 Å². The summed E-state index contributed by atoms with van der Waals surface area (Å²) in [5.41, 5.74) is 0.681. The SMILES string of the molecule is Fc1ccc(Br)c(CBr)n1. The first-order valence-electron chi connectivity index (χ1n) is 2.61. The highest BCUT2D eigenvalue weighted by Gasteiger charge is 1.99. The van der Waals surface area contributed by atoms with Crippen LogP contribution >= 0.6 is 31.9 Å². The maximum Gasteiger partial charge on any atom is 0.213 e. The zero-order valence-corrected chi connectivity index (χ0v) is 8.11. The van der Waals surface area contributed by atoms with E-state index >= 15 is 0 Å². The van der Waals surface area contributed by atoms with Crippen LogP contribution in [0.3, 0.4) is 0 Å². The molecule has 0 aliphatic carbocycles. The Balaban J connectivity index is 3.09. The van der Waals surface area contributed by atoms with Crippen LogP contribution in [0.5, 0.6) is 0 Å². The standard InChI is InChI=1S/C6H4Br2FN/c7-3-5-4(8)1-2-6(9)10-5/h1-2H,3H2. The van der Waals surface area contributed by atoms with Crippen molar-refractivity contribution in [1.82, 2.24) is 4.98 Å². The Morgan fingerprint density at radius 3 is 2.70 bits per heavy atom. The van der Waals surface area contributed by atoms with Gasteiger partial charge in [-0.15, -0.1) is 0 Å². The molecule has 1 nitrogen and oxygen atoms in total. The molecule has 0 amide bonds. The zero-order valence-electron chi connectivity index (χ0n) is 4.94. The minimum absolute atomic E-state index is 0.447. The molecule has 54 valence electrons. The smallest absolute Gasteiger partial charge is 0.213 e. The molecule has 0 bridgehead atoms. The first-order chi connectivity index (χ1) is 4.74. The Labute approximate surface area is 74.9 Å². The molecule has 0 aliphatic rings. The summed E-state index contributed by atoms with van der Waals surface area (Å²) in [5, 5.41) is 0.561. The lowest BCUT2D eigenvalue weighted by molar-refractivity contribution is 0.579. The number of halogens is 3. The molecule has 0 radical (unpaired) electrons. The molecule has 1 rings (SSSR count). The topological polar surface area (TPSA) is 12.9 Å². The third-order valence-electron chi connectivity index (χ3n) is 1.01. The first kappa shape index (κ1) is 8.14. The summed E-state index contributed by atoms with van der Waals surface area (Å²) in [6, 6.07) is 2.95. The second kappa shape index (κ2) is 3.44. The van der Waals surface area contributed by atoms with Crippen molar-refractivity contribution in [3.8, 4) is 0 Å². The molecular formula is C6H4Br2FN. The number of hydrogen-bond donors (Lipinski definition) is 0. The lowest BCUT2D eigenvalue weighted by Gasteiger charge is -1.96. The van der Waals surface area contributed by atoms with E-state index in [1.54, 1.807) is 6.07 Å². The fraction of sp³-hybridized carbons (Fsp3) is 0.167. The summed E-state index contributed by atoms with van der Waals surface area (Å²) in [5.74, 6) is -0.447. The average Bonchev–Trinajstić information content (AvgIpc) is 1.94. The second-order valence-electron chi connectivity index (χ2n) is 1.70. The Kier molecular flexibility index (Phi) is 2.80. The molecular weight excluding hydrogens is 265 g/mol. The third kappa shape index (κ3) is 1.76. The molecule has 0 atom stereocenters. The van der Waals surface area contributed by atoms with Crippen LogP contribution in [0.15, 0.2) is 16.6 Å². The van der Waals surface area contributed by atoms with Gasteiger partial charge in [0.05, 0.1) is 5.69 Å². The van der Waals surface area contributed by atoms with Crippen molar-refractivity contribution in [2.24, 2.45) is 0 Å². The van der Waals surface area contributed by atoms with Gasteiger partial charge in [-0.3, -0.25) is 0 Å². The van der Waals surface area contributed by atoms with Gasteiger partial charge in [-0.05, 0) is 28.1 Å². The quantitative estimate of drug-likeness (QED) is 0.564. The van der Waals surface area contributed by atoms with Crippen LogP contribution in [0.2, 0.25) is 0 Å². The molecule has 1 aromatic rings. The van der Waals surface area contributed by atoms with E-state index in [0.717, 1.165) is 4.47 Å². The van der Waals surface area contributed by atoms with Gasteiger partial charge in [0.25, 0.3) is 0 Å². The molecule has 0 aromatic carbocycles. The van der Waals surface area contributed by atoms with E-state index in [2.05, 4.69) is 36.8 Å². The number of hydrogen-bond acceptors (Lipinski definition) is 1. The van der Waals surface area contributed by atoms with E-state index in [0.29, 0.717) is 11.0 Å². The fourth-order valence-corrected chi connectivity index (χ4v) is 1.72. The Hall–Kier alpha value is 0.0400. The van der Waals surface area contributed by atoms with Gasteiger partial charge in [0.1, 0.15) is 0 Å². The molecule has 10 heavy (non-hydrogen) atoms. The highest BCUT2D eigenvalue weighted by Crippen LogP contribution is 2.16. The molecule has 0 fully saturated rings. The van der Waals surface area contributed by atoms with Gasteiger partial charge >= 0.3 is 0 Å². The van der Waals surface area contributed by atoms with Crippen molar-refractivity contribution in [2.75, 3.05) is 0 Å². The van der Waals surface area contributed by atoms with Gasteiger partial charge in [-0.1, -0.05) is 15.9 Å². The van der Waals surface area contributed by atoms with E-state index in [1.165, 1.54) is 6.07 Å². The highest BCUT2D eigenvalue weighted by atomic mass is 79.9. The summed E-state index contributed by atoms with van der Waals surface area (Å²) in [7, 11) is 0. The molecule has 0 saturated carbocycles. The van der Waals surface area contributed by atoms with Crippen LogP contribution in [-0.4, -0.2) is 4.98 Å². The minimum Gasteiger partial charge on any atom is -0.223 e. The fourth-order valence-electron chi connectivity index (χ4n) is 0.551. The van der Waals surface area contributed by atoms with Crippen LogP contribution in [0.4, 0.5) is 4.39 Å². The van der Waals surface area contributed by atoms with Gasteiger partial charge in [-0.25, -0.2) is 4.98 Å². The molecule has 1 heterocycles. The van der Waals surface area contributed by atoms with Gasteiger partial charge in [0.15, 0.2) is 0 Å². The van der Waals surface area contributed by atoms with Crippen LogP contribution in [0.1, 0.15) is 5.69 Å². The minimum atomic E-state index is -0.447. The van der Waals surface area contributed by atoms with E-state index in [4.69, 9.17) is 0 Å². The molecule has 0 saturated heterocycles. The first-order valence-corrected chi connectivity index (χ1v) is 4.52.